The minimum atomic E-state index is -1.13. The van der Waals surface area contributed by atoms with Crippen LogP contribution in [0.2, 0.25) is 0 Å². The second-order valence-electron chi connectivity index (χ2n) is 8.29. The Hall–Kier alpha value is -2.90. The van der Waals surface area contributed by atoms with Crippen molar-refractivity contribution < 1.29 is 28.6 Å². The molecule has 0 radical (unpaired) electrons. The topological polar surface area (TPSA) is 105 Å². The van der Waals surface area contributed by atoms with Gasteiger partial charge in [0.2, 0.25) is 5.91 Å². The summed E-state index contributed by atoms with van der Waals surface area (Å²) in [4.78, 5) is 35.8. The van der Waals surface area contributed by atoms with Gasteiger partial charge in [-0.1, -0.05) is 58.0 Å². The van der Waals surface area contributed by atoms with Crippen LogP contribution in [0.1, 0.15) is 46.1 Å². The van der Waals surface area contributed by atoms with E-state index in [0.29, 0.717) is 6.42 Å². The minimum Gasteiger partial charge on any atom is -0.480 e. The number of aliphatic carboxylic acids is 1. The van der Waals surface area contributed by atoms with E-state index < -0.39 is 42.3 Å². The number of hydrogen-bond acceptors (Lipinski definition) is 4. The molecule has 0 fully saturated rings. The molecule has 0 aliphatic carbocycles. The number of halogens is 1. The Labute approximate surface area is 183 Å². The Kier molecular flexibility index (Phi) is 11.3. The van der Waals surface area contributed by atoms with Crippen molar-refractivity contribution in [2.75, 3.05) is 6.54 Å². The van der Waals surface area contributed by atoms with Crippen LogP contribution in [0.15, 0.2) is 42.2 Å². The standard InChI is InChI=1S/C23H33FN2O5/c1-15(2)10-18(21(27)26-20(22(28)29)11-16(3)4)12-19(24)13-25-23(30)31-14-17-8-6-5-7-9-17/h5-9,12,15-16,18,20H,10-11,13-14H2,1-4H3,(H,25,30)(H,26,27)(H,28,29)/b19-12-/t18-,20?/m1/s1. The fourth-order valence-corrected chi connectivity index (χ4v) is 2.94. The van der Waals surface area contributed by atoms with Crippen LogP contribution in [0.4, 0.5) is 9.18 Å². The van der Waals surface area contributed by atoms with Gasteiger partial charge in [-0.3, -0.25) is 4.79 Å². The van der Waals surface area contributed by atoms with Crippen molar-refractivity contribution in [3.05, 3.63) is 47.8 Å². The Morgan fingerprint density at radius 1 is 1.06 bits per heavy atom. The monoisotopic (exact) mass is 436 g/mol. The third kappa shape index (κ3) is 11.2. The zero-order valence-electron chi connectivity index (χ0n) is 18.6. The second-order valence-corrected chi connectivity index (χ2v) is 8.29. The van der Waals surface area contributed by atoms with Gasteiger partial charge < -0.3 is 20.5 Å². The lowest BCUT2D eigenvalue weighted by molar-refractivity contribution is -0.142. The van der Waals surface area contributed by atoms with E-state index in [1.54, 1.807) is 12.1 Å². The van der Waals surface area contributed by atoms with Crippen molar-refractivity contribution >= 4 is 18.0 Å². The van der Waals surface area contributed by atoms with E-state index >= 15 is 0 Å². The van der Waals surface area contributed by atoms with Crippen LogP contribution in [-0.2, 0) is 20.9 Å². The highest BCUT2D eigenvalue weighted by Gasteiger charge is 2.26. The average Bonchev–Trinajstić information content (AvgIpc) is 2.69. The van der Waals surface area contributed by atoms with Gasteiger partial charge in [0.25, 0.3) is 0 Å². The smallest absolute Gasteiger partial charge is 0.407 e. The summed E-state index contributed by atoms with van der Waals surface area (Å²) in [7, 11) is 0. The molecule has 2 atom stereocenters. The molecule has 0 heterocycles. The number of carbonyl (C=O) groups is 3. The SMILES string of the molecule is CC(C)CC(NC(=O)[C@@H](/C=C(\F)CNC(=O)OCc1ccccc1)CC(C)C)C(=O)O. The molecule has 172 valence electrons. The molecular weight excluding hydrogens is 403 g/mol. The normalized spacial score (nSPS) is 13.6. The van der Waals surface area contributed by atoms with Gasteiger partial charge in [0, 0.05) is 0 Å². The van der Waals surface area contributed by atoms with Crippen molar-refractivity contribution in [3.8, 4) is 0 Å². The predicted octanol–water partition coefficient (Wildman–Crippen LogP) is 4.04. The van der Waals surface area contributed by atoms with Crippen molar-refractivity contribution in [1.82, 2.24) is 10.6 Å². The molecule has 1 unspecified atom stereocenters. The average molecular weight is 437 g/mol. The van der Waals surface area contributed by atoms with Crippen molar-refractivity contribution in [2.45, 2.75) is 53.2 Å². The summed E-state index contributed by atoms with van der Waals surface area (Å²) in [5.41, 5.74) is 0.803. The molecule has 0 bridgehead atoms. The molecule has 31 heavy (non-hydrogen) atoms. The number of alkyl carbamates (subject to hydrolysis) is 1. The highest BCUT2D eigenvalue weighted by Crippen LogP contribution is 2.17. The first-order valence-corrected chi connectivity index (χ1v) is 10.4. The van der Waals surface area contributed by atoms with E-state index in [2.05, 4.69) is 10.6 Å². The third-order valence-corrected chi connectivity index (χ3v) is 4.38. The van der Waals surface area contributed by atoms with Crippen LogP contribution in [0.3, 0.4) is 0 Å². The van der Waals surface area contributed by atoms with Gasteiger partial charge in [0.1, 0.15) is 18.5 Å². The van der Waals surface area contributed by atoms with Gasteiger partial charge in [-0.2, -0.15) is 0 Å². The van der Waals surface area contributed by atoms with E-state index in [0.717, 1.165) is 11.6 Å². The lowest BCUT2D eigenvalue weighted by atomic mass is 9.94. The van der Waals surface area contributed by atoms with E-state index in [4.69, 9.17) is 4.74 Å². The molecule has 3 N–H and O–H groups in total. The van der Waals surface area contributed by atoms with Crippen LogP contribution < -0.4 is 10.6 Å². The lowest BCUT2D eigenvalue weighted by Crippen LogP contribution is -2.44. The second kappa shape index (κ2) is 13.4. The number of rotatable bonds is 12. The van der Waals surface area contributed by atoms with E-state index in [1.165, 1.54) is 0 Å². The lowest BCUT2D eigenvalue weighted by Gasteiger charge is -2.21. The molecule has 1 aromatic carbocycles. The number of benzene rings is 1. The van der Waals surface area contributed by atoms with E-state index in [1.807, 2.05) is 45.9 Å². The van der Waals surface area contributed by atoms with Gasteiger partial charge >= 0.3 is 12.1 Å². The Bertz CT molecular complexity index is 750. The van der Waals surface area contributed by atoms with Gasteiger partial charge in [-0.15, -0.1) is 0 Å². The van der Waals surface area contributed by atoms with Crippen molar-refractivity contribution in [3.63, 3.8) is 0 Å². The van der Waals surface area contributed by atoms with Crippen LogP contribution in [-0.4, -0.2) is 35.7 Å². The number of carboxylic acids is 1. The van der Waals surface area contributed by atoms with E-state index in [9.17, 15) is 23.9 Å². The Morgan fingerprint density at radius 3 is 2.23 bits per heavy atom. The highest BCUT2D eigenvalue weighted by atomic mass is 19.1. The van der Waals surface area contributed by atoms with Gasteiger partial charge in [-0.25, -0.2) is 14.0 Å². The zero-order valence-corrected chi connectivity index (χ0v) is 18.6. The zero-order chi connectivity index (χ0) is 23.4. The van der Waals surface area contributed by atoms with Gasteiger partial charge in [-0.05, 0) is 36.3 Å². The summed E-state index contributed by atoms with van der Waals surface area (Å²) in [6.07, 6.45) is 0.962. The van der Waals surface area contributed by atoms with Crippen LogP contribution >= 0.6 is 0 Å². The first-order chi connectivity index (χ1) is 14.6. The van der Waals surface area contributed by atoms with Crippen LogP contribution in [0.25, 0.3) is 0 Å². The van der Waals surface area contributed by atoms with Crippen molar-refractivity contribution in [2.24, 2.45) is 17.8 Å². The maximum absolute atomic E-state index is 14.4. The molecular formula is C23H33FN2O5. The molecule has 8 heteroatoms. The molecule has 0 aliphatic heterocycles. The number of carboxylic acid groups (broad SMARTS) is 1. The maximum Gasteiger partial charge on any atom is 0.407 e. The first-order valence-electron chi connectivity index (χ1n) is 10.4. The summed E-state index contributed by atoms with van der Waals surface area (Å²) < 4.78 is 19.4. The number of carbonyl (C=O) groups excluding carboxylic acids is 2. The summed E-state index contributed by atoms with van der Waals surface area (Å²) in [5.74, 6) is -3.08. The summed E-state index contributed by atoms with van der Waals surface area (Å²) in [6, 6.07) is 8.03. The fraction of sp³-hybridized carbons (Fsp3) is 0.522. The fourth-order valence-electron chi connectivity index (χ4n) is 2.94. The minimum absolute atomic E-state index is 0.0583. The Balaban J connectivity index is 2.67. The number of hydrogen-bond donors (Lipinski definition) is 3. The highest BCUT2D eigenvalue weighted by molar-refractivity contribution is 5.86. The number of nitrogens with one attached hydrogen (secondary N) is 2. The number of amides is 2. The molecule has 7 nitrogen and oxygen atoms in total. The molecule has 2 amide bonds. The van der Waals surface area contributed by atoms with Crippen LogP contribution in [0, 0.1) is 17.8 Å². The van der Waals surface area contributed by atoms with E-state index in [-0.39, 0.29) is 24.9 Å². The molecule has 0 spiro atoms. The maximum atomic E-state index is 14.4. The molecule has 1 rings (SSSR count). The molecule has 0 aliphatic rings. The van der Waals surface area contributed by atoms with Crippen molar-refractivity contribution in [1.29, 1.82) is 0 Å². The predicted molar refractivity (Wildman–Crippen MR) is 116 cm³/mol. The molecule has 0 aromatic heterocycles. The van der Waals surface area contributed by atoms with Gasteiger partial charge in [0.15, 0.2) is 0 Å². The largest absolute Gasteiger partial charge is 0.480 e. The molecule has 0 saturated carbocycles. The summed E-state index contributed by atoms with van der Waals surface area (Å²) in [5, 5.41) is 14.1. The van der Waals surface area contributed by atoms with Gasteiger partial charge in [0.05, 0.1) is 12.5 Å². The molecule has 0 saturated heterocycles. The Morgan fingerprint density at radius 2 is 1.68 bits per heavy atom. The quantitative estimate of drug-likeness (QED) is 0.459. The third-order valence-electron chi connectivity index (χ3n) is 4.38. The summed E-state index contributed by atoms with van der Waals surface area (Å²) >= 11 is 0. The number of ether oxygens (including phenoxy) is 1. The first kappa shape index (κ1) is 26.1. The molecule has 1 aromatic rings. The summed E-state index contributed by atoms with van der Waals surface area (Å²) in [6.45, 7) is 7.11. The van der Waals surface area contributed by atoms with Crippen LogP contribution in [0.5, 0.6) is 0 Å².